The Morgan fingerprint density at radius 2 is 1.12 bits per heavy atom. The van der Waals surface area contributed by atoms with Gasteiger partial charge in [0.15, 0.2) is 5.75 Å². The minimum Gasteiger partial charge on any atom is -0.411 e. The molecule has 34 heavy (non-hydrogen) atoms. The van der Waals surface area contributed by atoms with Crippen LogP contribution >= 0.6 is 0 Å². The summed E-state index contributed by atoms with van der Waals surface area (Å²) in [4.78, 5) is 5.43. The first kappa shape index (κ1) is 19.6. The van der Waals surface area contributed by atoms with Crippen molar-refractivity contribution in [3.05, 3.63) is 138 Å². The molecule has 0 amide bonds. The van der Waals surface area contributed by atoms with Gasteiger partial charge in [0.1, 0.15) is 0 Å². The van der Waals surface area contributed by atoms with Crippen molar-refractivity contribution in [3.8, 4) is 16.9 Å². The molecule has 1 fully saturated rings. The molecule has 0 radical (unpaired) electrons. The van der Waals surface area contributed by atoms with E-state index in [1.807, 2.05) is 6.07 Å². The summed E-state index contributed by atoms with van der Waals surface area (Å²) in [5.41, 5.74) is 8.10. The summed E-state index contributed by atoms with van der Waals surface area (Å²) in [7, 11) is 0. The lowest BCUT2D eigenvalue weighted by Gasteiger charge is -2.57. The minimum atomic E-state index is -0.0745. The van der Waals surface area contributed by atoms with Gasteiger partial charge in [0, 0.05) is 16.2 Å². The molecule has 0 aromatic heterocycles. The Hall–Kier alpha value is -3.88. The second-order valence-corrected chi connectivity index (χ2v) is 9.76. The fourth-order valence-corrected chi connectivity index (χ4v) is 6.82. The Labute approximate surface area is 199 Å². The van der Waals surface area contributed by atoms with E-state index in [0.717, 1.165) is 24.0 Å². The number of hydrogen-bond acceptors (Lipinski definition) is 2. The summed E-state index contributed by atoms with van der Waals surface area (Å²) >= 11 is 0. The highest BCUT2D eigenvalue weighted by molar-refractivity contribution is 6.05. The molecule has 0 unspecified atom stereocenters. The molecule has 1 saturated carbocycles. The maximum absolute atomic E-state index is 5.80. The van der Waals surface area contributed by atoms with Crippen LogP contribution in [0.25, 0.3) is 21.9 Å². The van der Waals surface area contributed by atoms with Crippen molar-refractivity contribution in [2.75, 3.05) is 0 Å². The average molecular weight is 440 g/mol. The fourth-order valence-electron chi connectivity index (χ4n) is 6.82. The van der Waals surface area contributed by atoms with Crippen molar-refractivity contribution < 1.29 is 4.84 Å². The number of fused-ring (bicyclic) bond motifs is 7. The van der Waals surface area contributed by atoms with E-state index in [0.29, 0.717) is 0 Å². The Morgan fingerprint density at radius 3 is 1.76 bits per heavy atom. The van der Waals surface area contributed by atoms with E-state index in [1.165, 1.54) is 38.8 Å². The van der Waals surface area contributed by atoms with Crippen molar-refractivity contribution in [2.24, 2.45) is 5.90 Å². The summed E-state index contributed by atoms with van der Waals surface area (Å²) in [5.74, 6) is 6.55. The molecule has 0 saturated heterocycles. The van der Waals surface area contributed by atoms with Gasteiger partial charge in [-0.25, -0.2) is 0 Å². The highest BCUT2D eigenvalue weighted by Gasteiger charge is 2.61. The third-order valence-corrected chi connectivity index (χ3v) is 8.22. The van der Waals surface area contributed by atoms with Crippen LogP contribution in [0.15, 0.2) is 115 Å². The summed E-state index contributed by atoms with van der Waals surface area (Å²) < 4.78 is 0. The normalized spacial score (nSPS) is 16.6. The summed E-state index contributed by atoms with van der Waals surface area (Å²) in [6.07, 6.45) is 2.03. The van der Waals surface area contributed by atoms with Crippen LogP contribution in [0.2, 0.25) is 0 Å². The van der Waals surface area contributed by atoms with Crippen LogP contribution in [-0.4, -0.2) is 0 Å². The SMILES string of the molecule is NOc1cc2c(c3ccccc13)-c1ccccc1C21CC(c2ccccc2)(c2ccccc2)C1. The van der Waals surface area contributed by atoms with Crippen molar-refractivity contribution in [1.29, 1.82) is 0 Å². The maximum Gasteiger partial charge on any atom is 0.154 e. The van der Waals surface area contributed by atoms with E-state index in [4.69, 9.17) is 10.7 Å². The van der Waals surface area contributed by atoms with E-state index >= 15 is 0 Å². The lowest BCUT2D eigenvalue weighted by atomic mass is 9.45. The average Bonchev–Trinajstić information content (AvgIpc) is 3.18. The molecular weight excluding hydrogens is 414 g/mol. The van der Waals surface area contributed by atoms with Crippen LogP contribution in [0, 0.1) is 0 Å². The third-order valence-electron chi connectivity index (χ3n) is 8.22. The minimum absolute atomic E-state index is 0.0351. The zero-order valence-electron chi connectivity index (χ0n) is 18.9. The topological polar surface area (TPSA) is 35.2 Å². The molecule has 0 atom stereocenters. The van der Waals surface area contributed by atoms with Gasteiger partial charge in [0.25, 0.3) is 0 Å². The maximum atomic E-state index is 5.80. The Balaban J connectivity index is 1.50. The van der Waals surface area contributed by atoms with E-state index in [-0.39, 0.29) is 10.8 Å². The van der Waals surface area contributed by atoms with Gasteiger partial charge in [-0.1, -0.05) is 109 Å². The van der Waals surface area contributed by atoms with E-state index in [9.17, 15) is 0 Å². The number of benzene rings is 5. The third kappa shape index (κ3) is 2.44. The zero-order chi connectivity index (χ0) is 22.8. The molecule has 2 nitrogen and oxygen atoms in total. The second kappa shape index (κ2) is 7.06. The van der Waals surface area contributed by atoms with Crippen LogP contribution in [0.1, 0.15) is 35.1 Å². The van der Waals surface area contributed by atoms with Crippen LogP contribution in [0.4, 0.5) is 0 Å². The molecule has 0 bridgehead atoms. The van der Waals surface area contributed by atoms with Crippen molar-refractivity contribution in [2.45, 2.75) is 23.7 Å². The van der Waals surface area contributed by atoms with Crippen molar-refractivity contribution in [3.63, 3.8) is 0 Å². The highest BCUT2D eigenvalue weighted by Crippen LogP contribution is 2.68. The van der Waals surface area contributed by atoms with Gasteiger partial charge in [-0.3, -0.25) is 0 Å². The van der Waals surface area contributed by atoms with Crippen LogP contribution < -0.4 is 10.7 Å². The molecule has 0 aliphatic heterocycles. The standard InChI is InChI=1S/C32H25NO/c33-34-29-19-28-30(25-16-8-7-15-24(25)29)26-17-9-10-18-27(26)32(28)20-31(21-32,22-11-3-1-4-12-22)23-13-5-2-6-14-23/h1-19H,20-21,33H2. The summed E-state index contributed by atoms with van der Waals surface area (Å²) in [6.45, 7) is 0. The molecule has 2 N–H and O–H groups in total. The predicted molar refractivity (Wildman–Crippen MR) is 138 cm³/mol. The van der Waals surface area contributed by atoms with Gasteiger partial charge in [-0.2, -0.15) is 5.90 Å². The molecule has 5 aromatic rings. The number of nitrogens with two attached hydrogens (primary N) is 1. The van der Waals surface area contributed by atoms with Crippen LogP contribution in [-0.2, 0) is 10.8 Å². The first-order valence-electron chi connectivity index (χ1n) is 11.9. The monoisotopic (exact) mass is 439 g/mol. The van der Waals surface area contributed by atoms with Gasteiger partial charge in [0.05, 0.1) is 0 Å². The number of rotatable bonds is 3. The summed E-state index contributed by atoms with van der Waals surface area (Å²) in [5, 5.41) is 2.27. The van der Waals surface area contributed by atoms with E-state index in [1.54, 1.807) is 0 Å². The van der Waals surface area contributed by atoms with Crippen molar-refractivity contribution in [1.82, 2.24) is 0 Å². The highest BCUT2D eigenvalue weighted by atomic mass is 16.6. The first-order chi connectivity index (χ1) is 16.8. The van der Waals surface area contributed by atoms with Gasteiger partial charge in [-0.05, 0) is 57.7 Å². The molecule has 5 aromatic carbocycles. The lowest BCUT2D eigenvalue weighted by Crippen LogP contribution is -2.53. The zero-order valence-corrected chi connectivity index (χ0v) is 18.9. The predicted octanol–water partition coefficient (Wildman–Crippen LogP) is 7.14. The Bertz CT molecular complexity index is 1490. The summed E-state index contributed by atoms with van der Waals surface area (Å²) in [6, 6.07) is 41.6. The van der Waals surface area contributed by atoms with Gasteiger partial charge in [-0.15, -0.1) is 0 Å². The molecule has 1 spiro atoms. The van der Waals surface area contributed by atoms with Crippen LogP contribution in [0.5, 0.6) is 5.75 Å². The molecule has 2 aliphatic rings. The Morgan fingerprint density at radius 1 is 0.559 bits per heavy atom. The molecule has 2 aliphatic carbocycles. The molecule has 7 rings (SSSR count). The lowest BCUT2D eigenvalue weighted by molar-refractivity contribution is 0.175. The largest absolute Gasteiger partial charge is 0.411 e. The van der Waals surface area contributed by atoms with Gasteiger partial charge in [0.2, 0.25) is 0 Å². The molecular formula is C32H25NO. The first-order valence-corrected chi connectivity index (χ1v) is 11.9. The van der Waals surface area contributed by atoms with Gasteiger partial charge >= 0.3 is 0 Å². The quantitative estimate of drug-likeness (QED) is 0.303. The van der Waals surface area contributed by atoms with Gasteiger partial charge < -0.3 is 4.84 Å². The Kier molecular flexibility index (Phi) is 4.06. The van der Waals surface area contributed by atoms with E-state index < -0.39 is 0 Å². The van der Waals surface area contributed by atoms with E-state index in [2.05, 4.69) is 109 Å². The molecule has 2 heteroatoms. The second-order valence-electron chi connectivity index (χ2n) is 9.76. The molecule has 0 heterocycles. The molecule has 164 valence electrons. The number of hydrogen-bond donors (Lipinski definition) is 1. The smallest absolute Gasteiger partial charge is 0.154 e. The van der Waals surface area contributed by atoms with Crippen molar-refractivity contribution >= 4 is 10.8 Å². The fraction of sp³-hybridized carbons (Fsp3) is 0.125. The van der Waals surface area contributed by atoms with Crippen LogP contribution in [0.3, 0.4) is 0 Å².